The number of H-pyrrole nitrogens is 1. The molecule has 1 aliphatic rings. The first kappa shape index (κ1) is 13.0. The van der Waals surface area contributed by atoms with Gasteiger partial charge < -0.3 is 15.0 Å². The van der Waals surface area contributed by atoms with Gasteiger partial charge in [-0.05, 0) is 40.2 Å². The van der Waals surface area contributed by atoms with E-state index in [1.54, 1.807) is 0 Å². The maximum Gasteiger partial charge on any atom is 0.168 e. The van der Waals surface area contributed by atoms with Gasteiger partial charge in [-0.15, -0.1) is 0 Å². The van der Waals surface area contributed by atoms with Crippen LogP contribution in [0.15, 0.2) is 34.9 Å². The van der Waals surface area contributed by atoms with Crippen LogP contribution >= 0.6 is 27.5 Å². The quantitative estimate of drug-likeness (QED) is 0.671. The number of halogens is 2. The Morgan fingerprint density at radius 1 is 1.24 bits per heavy atom. The lowest BCUT2D eigenvalue weighted by atomic mass is 10.2. The highest BCUT2D eigenvalue weighted by molar-refractivity contribution is 9.10. The summed E-state index contributed by atoms with van der Waals surface area (Å²) in [4.78, 5) is 7.77. The third kappa shape index (κ3) is 2.26. The van der Waals surface area contributed by atoms with Crippen LogP contribution in [-0.2, 0) is 0 Å². The predicted octanol–water partition coefficient (Wildman–Crippen LogP) is 4.45. The van der Waals surface area contributed by atoms with Crippen molar-refractivity contribution in [3.8, 4) is 17.0 Å². The van der Waals surface area contributed by atoms with Crippen LogP contribution in [0.5, 0.6) is 5.75 Å². The standard InChI is InChI=1S/C15H11BrClN3O/c16-10-3-8-4-12(20-13(8)6-11(10)17)9-5-14-15(19-7-9)18-1-2-21-14/h3-7,20H,1-2H2,(H,18,19). The van der Waals surface area contributed by atoms with Crippen LogP contribution in [0.25, 0.3) is 22.2 Å². The lowest BCUT2D eigenvalue weighted by Gasteiger charge is -2.18. The van der Waals surface area contributed by atoms with Crippen molar-refractivity contribution in [1.29, 1.82) is 0 Å². The van der Waals surface area contributed by atoms with E-state index in [1.165, 1.54) is 0 Å². The summed E-state index contributed by atoms with van der Waals surface area (Å²) in [5, 5.41) is 5.00. The maximum absolute atomic E-state index is 6.13. The van der Waals surface area contributed by atoms with Crippen molar-refractivity contribution in [2.45, 2.75) is 0 Å². The van der Waals surface area contributed by atoms with Gasteiger partial charge >= 0.3 is 0 Å². The van der Waals surface area contributed by atoms with Crippen molar-refractivity contribution < 1.29 is 4.74 Å². The summed E-state index contributed by atoms with van der Waals surface area (Å²) < 4.78 is 6.52. The molecule has 4 rings (SSSR count). The molecule has 3 aromatic rings. The van der Waals surface area contributed by atoms with E-state index >= 15 is 0 Å². The molecule has 0 radical (unpaired) electrons. The fourth-order valence-electron chi connectivity index (χ4n) is 2.45. The number of fused-ring (bicyclic) bond motifs is 2. The van der Waals surface area contributed by atoms with Gasteiger partial charge in [0.05, 0.1) is 11.6 Å². The molecule has 0 unspecified atom stereocenters. The average Bonchev–Trinajstić information content (AvgIpc) is 2.90. The Morgan fingerprint density at radius 3 is 3.05 bits per heavy atom. The molecule has 0 spiro atoms. The number of hydrogen-bond donors (Lipinski definition) is 2. The number of hydrogen-bond acceptors (Lipinski definition) is 3. The zero-order valence-corrected chi connectivity index (χ0v) is 13.3. The molecule has 0 saturated carbocycles. The molecule has 0 amide bonds. The molecule has 0 saturated heterocycles. The van der Waals surface area contributed by atoms with Crippen LogP contribution < -0.4 is 10.1 Å². The summed E-state index contributed by atoms with van der Waals surface area (Å²) in [6.07, 6.45) is 1.84. The van der Waals surface area contributed by atoms with E-state index in [-0.39, 0.29) is 0 Å². The lowest BCUT2D eigenvalue weighted by Crippen LogP contribution is -2.18. The summed E-state index contributed by atoms with van der Waals surface area (Å²) in [5.41, 5.74) is 2.97. The van der Waals surface area contributed by atoms with Gasteiger partial charge in [0, 0.05) is 32.8 Å². The third-order valence-electron chi connectivity index (χ3n) is 3.48. The number of nitrogens with zero attached hydrogens (tertiary/aromatic N) is 1. The number of aromatic nitrogens is 2. The smallest absolute Gasteiger partial charge is 0.168 e. The van der Waals surface area contributed by atoms with Crippen LogP contribution in [0.4, 0.5) is 5.82 Å². The van der Waals surface area contributed by atoms with Crippen LogP contribution in [0.3, 0.4) is 0 Å². The van der Waals surface area contributed by atoms with E-state index in [9.17, 15) is 0 Å². The van der Waals surface area contributed by atoms with E-state index < -0.39 is 0 Å². The molecule has 0 atom stereocenters. The average molecular weight is 365 g/mol. The second-order valence-corrected chi connectivity index (χ2v) is 6.14. The molecule has 1 aliphatic heterocycles. The van der Waals surface area contributed by atoms with Crippen molar-refractivity contribution in [3.63, 3.8) is 0 Å². The Balaban J connectivity index is 1.82. The van der Waals surface area contributed by atoms with Gasteiger partial charge in [-0.1, -0.05) is 11.6 Å². The molecule has 6 heteroatoms. The minimum absolute atomic E-state index is 0.660. The third-order valence-corrected chi connectivity index (χ3v) is 4.67. The Labute approximate surface area is 134 Å². The van der Waals surface area contributed by atoms with E-state index in [1.807, 2.05) is 24.4 Å². The number of pyridine rings is 1. The van der Waals surface area contributed by atoms with Gasteiger partial charge in [0.25, 0.3) is 0 Å². The van der Waals surface area contributed by atoms with Crippen molar-refractivity contribution in [1.82, 2.24) is 9.97 Å². The molecular weight excluding hydrogens is 354 g/mol. The largest absolute Gasteiger partial charge is 0.488 e. The Kier molecular flexibility index (Phi) is 3.05. The highest BCUT2D eigenvalue weighted by Gasteiger charge is 2.13. The normalized spacial score (nSPS) is 13.6. The number of benzene rings is 1. The fraction of sp³-hybridized carbons (Fsp3) is 0.133. The van der Waals surface area contributed by atoms with Gasteiger partial charge in [0.1, 0.15) is 6.61 Å². The molecule has 1 aromatic carbocycles. The number of nitrogens with one attached hydrogen (secondary N) is 2. The van der Waals surface area contributed by atoms with Crippen LogP contribution in [0.1, 0.15) is 0 Å². The minimum atomic E-state index is 0.660. The molecule has 106 valence electrons. The zero-order valence-electron chi connectivity index (χ0n) is 10.9. The first-order valence-electron chi connectivity index (χ1n) is 6.55. The van der Waals surface area contributed by atoms with E-state index in [2.05, 4.69) is 37.3 Å². The van der Waals surface area contributed by atoms with Gasteiger partial charge in [-0.3, -0.25) is 0 Å². The number of ether oxygens (including phenoxy) is 1. The van der Waals surface area contributed by atoms with Gasteiger partial charge in [0.15, 0.2) is 11.6 Å². The summed E-state index contributed by atoms with van der Waals surface area (Å²) >= 11 is 9.57. The summed E-state index contributed by atoms with van der Waals surface area (Å²) in [6.45, 7) is 1.45. The SMILES string of the molecule is Clc1cc2[nH]c(-c3cnc4c(c3)OCCN4)cc2cc1Br. The summed E-state index contributed by atoms with van der Waals surface area (Å²) in [5.74, 6) is 1.59. The highest BCUT2D eigenvalue weighted by atomic mass is 79.9. The minimum Gasteiger partial charge on any atom is -0.488 e. The fourth-order valence-corrected chi connectivity index (χ4v) is 2.97. The highest BCUT2D eigenvalue weighted by Crippen LogP contribution is 2.33. The topological polar surface area (TPSA) is 49.9 Å². The molecule has 4 nitrogen and oxygen atoms in total. The monoisotopic (exact) mass is 363 g/mol. The molecule has 0 aliphatic carbocycles. The van der Waals surface area contributed by atoms with Crippen molar-refractivity contribution in [2.75, 3.05) is 18.5 Å². The second-order valence-electron chi connectivity index (χ2n) is 4.88. The number of rotatable bonds is 1. The first-order valence-corrected chi connectivity index (χ1v) is 7.73. The summed E-state index contributed by atoms with van der Waals surface area (Å²) in [6, 6.07) is 7.99. The zero-order chi connectivity index (χ0) is 14.4. The van der Waals surface area contributed by atoms with Crippen LogP contribution in [0, 0.1) is 0 Å². The number of anilines is 1. The predicted molar refractivity (Wildman–Crippen MR) is 88.2 cm³/mol. The molecular formula is C15H11BrClN3O. The van der Waals surface area contributed by atoms with Crippen molar-refractivity contribution in [3.05, 3.63) is 40.0 Å². The molecule has 0 fully saturated rings. The van der Waals surface area contributed by atoms with Crippen molar-refractivity contribution >= 4 is 44.3 Å². The van der Waals surface area contributed by atoms with Gasteiger partial charge in [-0.25, -0.2) is 4.98 Å². The molecule has 21 heavy (non-hydrogen) atoms. The summed E-state index contributed by atoms with van der Waals surface area (Å²) in [7, 11) is 0. The van der Waals surface area contributed by atoms with Gasteiger partial charge in [-0.2, -0.15) is 0 Å². The number of aromatic amines is 1. The van der Waals surface area contributed by atoms with E-state index in [4.69, 9.17) is 16.3 Å². The first-order chi connectivity index (χ1) is 10.2. The molecule has 2 aromatic heterocycles. The van der Waals surface area contributed by atoms with Crippen molar-refractivity contribution in [2.24, 2.45) is 0 Å². The second kappa shape index (κ2) is 4.93. The van der Waals surface area contributed by atoms with Crippen LogP contribution in [0.2, 0.25) is 5.02 Å². The van der Waals surface area contributed by atoms with E-state index in [0.29, 0.717) is 11.6 Å². The maximum atomic E-state index is 6.13. The Hall–Kier alpha value is -1.72. The molecule has 0 bridgehead atoms. The lowest BCUT2D eigenvalue weighted by molar-refractivity contribution is 0.321. The Morgan fingerprint density at radius 2 is 2.14 bits per heavy atom. The van der Waals surface area contributed by atoms with Crippen LogP contribution in [-0.4, -0.2) is 23.1 Å². The van der Waals surface area contributed by atoms with Gasteiger partial charge in [0.2, 0.25) is 0 Å². The Bertz CT molecular complexity index is 807. The molecule has 2 N–H and O–H groups in total. The molecule has 3 heterocycles. The van der Waals surface area contributed by atoms with E-state index in [0.717, 1.165) is 44.7 Å².